The van der Waals surface area contributed by atoms with Crippen LogP contribution < -0.4 is 27.8 Å². The third kappa shape index (κ3) is 5.85. The number of ether oxygens (including phenoxy) is 4. The van der Waals surface area contributed by atoms with E-state index >= 15 is 0 Å². The lowest BCUT2D eigenvalue weighted by Gasteiger charge is -2.48. The van der Waals surface area contributed by atoms with E-state index in [9.17, 15) is 15.3 Å². The summed E-state index contributed by atoms with van der Waals surface area (Å²) in [5.74, 6) is 0. The zero-order valence-corrected chi connectivity index (χ0v) is 20.0. The van der Waals surface area contributed by atoms with Crippen LogP contribution in [0.15, 0.2) is 0 Å². The van der Waals surface area contributed by atoms with Gasteiger partial charge in [-0.3, -0.25) is 0 Å². The van der Waals surface area contributed by atoms with Crippen LogP contribution in [-0.2, 0) is 18.9 Å². The molecule has 0 radical (unpaired) electrons. The van der Waals surface area contributed by atoms with Gasteiger partial charge in [-0.2, -0.15) is 0 Å². The molecule has 12 heteroatoms. The molecule has 0 amide bonds. The molecule has 1 saturated carbocycles. The Labute approximate surface area is 195 Å². The van der Waals surface area contributed by atoms with Gasteiger partial charge in [-0.25, -0.2) is 0 Å². The van der Waals surface area contributed by atoms with Crippen molar-refractivity contribution in [1.29, 1.82) is 0 Å². The van der Waals surface area contributed by atoms with Crippen molar-refractivity contribution in [2.75, 3.05) is 20.7 Å². The van der Waals surface area contributed by atoms with E-state index in [1.165, 1.54) is 0 Å². The summed E-state index contributed by atoms with van der Waals surface area (Å²) in [5, 5.41) is 38.3. The van der Waals surface area contributed by atoms with Crippen molar-refractivity contribution in [2.45, 2.75) is 112 Å². The molecule has 11 unspecified atom stereocenters. The Balaban J connectivity index is 1.68. The van der Waals surface area contributed by atoms with Crippen LogP contribution in [0.4, 0.5) is 0 Å². The molecule has 1 aliphatic carbocycles. The highest BCUT2D eigenvalue weighted by atomic mass is 16.7. The van der Waals surface area contributed by atoms with Crippen LogP contribution in [0.25, 0.3) is 0 Å². The molecule has 2 heterocycles. The minimum absolute atomic E-state index is 0.0620. The molecule has 194 valence electrons. The first kappa shape index (κ1) is 27.1. The molecule has 0 aromatic carbocycles. The van der Waals surface area contributed by atoms with Crippen molar-refractivity contribution in [3.8, 4) is 0 Å². The van der Waals surface area contributed by atoms with Crippen molar-refractivity contribution in [3.63, 3.8) is 0 Å². The predicted octanol–water partition coefficient (Wildman–Crippen LogP) is -3.33. The Morgan fingerprint density at radius 1 is 0.970 bits per heavy atom. The first-order valence-corrected chi connectivity index (χ1v) is 11.8. The van der Waals surface area contributed by atoms with Crippen molar-refractivity contribution in [2.24, 2.45) is 17.2 Å². The number of aliphatic hydroxyl groups is 3. The van der Waals surface area contributed by atoms with E-state index in [4.69, 9.17) is 36.1 Å². The summed E-state index contributed by atoms with van der Waals surface area (Å²) >= 11 is 0. The van der Waals surface area contributed by atoms with Gasteiger partial charge in [0.2, 0.25) is 0 Å². The van der Waals surface area contributed by atoms with E-state index in [1.807, 2.05) is 14.0 Å². The molecule has 3 aliphatic rings. The third-order valence-electron chi connectivity index (χ3n) is 7.24. The fourth-order valence-corrected chi connectivity index (χ4v) is 5.04. The lowest BCUT2D eigenvalue weighted by molar-refractivity contribution is -0.307. The van der Waals surface area contributed by atoms with E-state index < -0.39 is 60.7 Å². The highest BCUT2D eigenvalue weighted by Gasteiger charge is 2.50. The second-order valence-electron chi connectivity index (χ2n) is 9.91. The van der Waals surface area contributed by atoms with Gasteiger partial charge in [-0.1, -0.05) is 0 Å². The van der Waals surface area contributed by atoms with E-state index in [2.05, 4.69) is 10.6 Å². The molecule has 2 saturated heterocycles. The van der Waals surface area contributed by atoms with Crippen molar-refractivity contribution < 1.29 is 34.3 Å². The van der Waals surface area contributed by atoms with Crippen molar-refractivity contribution in [3.05, 3.63) is 0 Å². The molecule has 13 atom stereocenters. The number of aliphatic hydroxyl groups excluding tert-OH is 2. The topological polar surface area (TPSA) is 200 Å². The van der Waals surface area contributed by atoms with Gasteiger partial charge in [-0.15, -0.1) is 0 Å². The zero-order chi connectivity index (χ0) is 24.5. The average molecular weight is 478 g/mol. The van der Waals surface area contributed by atoms with Crippen LogP contribution in [0.1, 0.15) is 33.1 Å². The lowest BCUT2D eigenvalue weighted by atomic mass is 9.84. The summed E-state index contributed by atoms with van der Waals surface area (Å²) in [6.45, 7) is 3.52. The van der Waals surface area contributed by atoms with Crippen LogP contribution in [0.2, 0.25) is 0 Å². The predicted molar refractivity (Wildman–Crippen MR) is 120 cm³/mol. The van der Waals surface area contributed by atoms with Crippen LogP contribution >= 0.6 is 0 Å². The Bertz CT molecular complexity index is 632. The SMILES string of the molecule is CNC(C)[C@H]1CCC(N)C(OC2C(N)CC(N)C(OC3OC[C@](C)(O)C(NC)C3O)C2O)O1. The fraction of sp³-hybridized carbons (Fsp3) is 1.00. The first-order chi connectivity index (χ1) is 15.5. The van der Waals surface area contributed by atoms with Crippen LogP contribution in [0, 0.1) is 0 Å². The Morgan fingerprint density at radius 2 is 1.58 bits per heavy atom. The number of rotatable bonds is 7. The van der Waals surface area contributed by atoms with Gasteiger partial charge >= 0.3 is 0 Å². The van der Waals surface area contributed by atoms with Gasteiger partial charge in [0.1, 0.15) is 30.0 Å². The number of likely N-dealkylation sites (N-methyl/N-ethyl adjacent to an activating group) is 2. The molecule has 3 fully saturated rings. The quantitative estimate of drug-likeness (QED) is 0.182. The Kier molecular flexibility index (Phi) is 9.09. The van der Waals surface area contributed by atoms with E-state index in [0.29, 0.717) is 12.8 Å². The van der Waals surface area contributed by atoms with E-state index in [0.717, 1.165) is 6.42 Å². The Hall–Kier alpha value is -0.480. The monoisotopic (exact) mass is 477 g/mol. The van der Waals surface area contributed by atoms with Crippen LogP contribution in [0.5, 0.6) is 0 Å². The smallest absolute Gasteiger partial charge is 0.185 e. The molecule has 3 rings (SSSR count). The van der Waals surface area contributed by atoms with Crippen molar-refractivity contribution >= 4 is 0 Å². The minimum Gasteiger partial charge on any atom is -0.388 e. The maximum absolute atomic E-state index is 11.1. The molecule has 0 aromatic heterocycles. The molecule has 11 N–H and O–H groups in total. The molecular formula is C21H43N5O7. The standard InChI is InChI=1S/C21H43N5O7/c1-9(25-3)13-6-5-10(22)19(31-13)32-16-11(23)7-12(24)17(14(16)27)33-20-15(28)18(26-4)21(2,29)8-30-20/h9-20,25-29H,5-8,22-24H2,1-4H3/t9?,10?,11?,12?,13-,14?,15?,16?,17?,18?,19?,20?,21+/m1/s1. The summed E-state index contributed by atoms with van der Waals surface area (Å²) in [4.78, 5) is 0. The van der Waals surface area contributed by atoms with Gasteiger partial charge < -0.3 is 62.1 Å². The highest BCUT2D eigenvalue weighted by Crippen LogP contribution is 2.31. The van der Waals surface area contributed by atoms with E-state index in [1.54, 1.807) is 14.0 Å². The third-order valence-corrected chi connectivity index (χ3v) is 7.24. The fourth-order valence-electron chi connectivity index (χ4n) is 5.04. The van der Waals surface area contributed by atoms with Crippen molar-refractivity contribution in [1.82, 2.24) is 10.6 Å². The molecule has 0 aromatic rings. The van der Waals surface area contributed by atoms with E-state index in [-0.39, 0.29) is 24.8 Å². The average Bonchev–Trinajstić information content (AvgIpc) is 2.76. The molecule has 0 bridgehead atoms. The summed E-state index contributed by atoms with van der Waals surface area (Å²) in [5.41, 5.74) is 17.5. The van der Waals surface area contributed by atoms with Crippen LogP contribution in [0.3, 0.4) is 0 Å². The zero-order valence-electron chi connectivity index (χ0n) is 20.0. The van der Waals surface area contributed by atoms with Gasteiger partial charge in [0.25, 0.3) is 0 Å². The highest BCUT2D eigenvalue weighted by molar-refractivity contribution is 5.02. The molecule has 12 nitrogen and oxygen atoms in total. The lowest BCUT2D eigenvalue weighted by Crippen LogP contribution is -2.68. The molecular weight excluding hydrogens is 434 g/mol. The van der Waals surface area contributed by atoms with Gasteiger partial charge in [0.15, 0.2) is 12.6 Å². The summed E-state index contributed by atoms with van der Waals surface area (Å²) in [6.07, 6.45) is -4.22. The largest absolute Gasteiger partial charge is 0.388 e. The summed E-state index contributed by atoms with van der Waals surface area (Å²) < 4.78 is 23.7. The molecule has 2 aliphatic heterocycles. The number of nitrogens with two attached hydrogens (primary N) is 3. The minimum atomic E-state index is -1.29. The normalized spacial score (nSPS) is 50.2. The summed E-state index contributed by atoms with van der Waals surface area (Å²) in [7, 11) is 3.49. The number of hydrogen-bond acceptors (Lipinski definition) is 12. The first-order valence-electron chi connectivity index (χ1n) is 11.8. The maximum atomic E-state index is 11.1. The van der Waals surface area contributed by atoms with Gasteiger partial charge in [0.05, 0.1) is 24.8 Å². The second kappa shape index (κ2) is 11.1. The Morgan fingerprint density at radius 3 is 2.15 bits per heavy atom. The second-order valence-corrected chi connectivity index (χ2v) is 9.91. The molecule has 0 spiro atoms. The maximum Gasteiger partial charge on any atom is 0.185 e. The van der Waals surface area contributed by atoms with Gasteiger partial charge in [0, 0.05) is 18.1 Å². The van der Waals surface area contributed by atoms with Crippen LogP contribution in [-0.4, -0.2) is 115 Å². The molecule has 33 heavy (non-hydrogen) atoms. The number of nitrogens with one attached hydrogen (secondary N) is 2. The summed E-state index contributed by atoms with van der Waals surface area (Å²) in [6, 6.07) is -2.11. The van der Waals surface area contributed by atoms with Gasteiger partial charge in [-0.05, 0) is 47.2 Å². The number of hydrogen-bond donors (Lipinski definition) is 8.